The quantitative estimate of drug-likeness (QED) is 0.848. The Hall–Kier alpha value is -1.07. The zero-order valence-electron chi connectivity index (χ0n) is 9.29. The molecule has 0 saturated carbocycles. The summed E-state index contributed by atoms with van der Waals surface area (Å²) < 4.78 is 30.6. The summed E-state index contributed by atoms with van der Waals surface area (Å²) in [6.45, 7) is 3.55. The predicted octanol–water partition coefficient (Wildman–Crippen LogP) is 1.22. The van der Waals surface area contributed by atoms with E-state index in [1.54, 1.807) is 26.2 Å². The van der Waals surface area contributed by atoms with Crippen LogP contribution in [0.4, 0.5) is 0 Å². The Kier molecular flexibility index (Phi) is 3.36. The van der Waals surface area contributed by atoms with Crippen LogP contribution >= 0.6 is 0 Å². The lowest BCUT2D eigenvalue weighted by molar-refractivity contribution is 0.411. The van der Waals surface area contributed by atoms with Crippen molar-refractivity contribution in [2.45, 2.75) is 18.7 Å². The maximum Gasteiger partial charge on any atom is 0.240 e. The SMILES string of the molecule is CNS(=O)(=O)c1cc(C)c(OC)cc1C. The van der Waals surface area contributed by atoms with Crippen LogP contribution in [0.15, 0.2) is 17.0 Å². The molecule has 0 radical (unpaired) electrons. The summed E-state index contributed by atoms with van der Waals surface area (Å²) in [6, 6.07) is 3.33. The van der Waals surface area contributed by atoms with Gasteiger partial charge in [-0.25, -0.2) is 13.1 Å². The number of hydrogen-bond acceptors (Lipinski definition) is 3. The average Bonchev–Trinajstić information content (AvgIpc) is 2.20. The lowest BCUT2D eigenvalue weighted by atomic mass is 10.1. The van der Waals surface area contributed by atoms with Gasteiger partial charge in [-0.15, -0.1) is 0 Å². The first-order valence-corrected chi connectivity index (χ1v) is 5.99. The molecule has 0 saturated heterocycles. The van der Waals surface area contributed by atoms with Crippen LogP contribution in [0.3, 0.4) is 0 Å². The molecular weight excluding hydrogens is 214 g/mol. The van der Waals surface area contributed by atoms with E-state index in [-0.39, 0.29) is 0 Å². The number of nitrogens with one attached hydrogen (secondary N) is 1. The fourth-order valence-electron chi connectivity index (χ4n) is 1.38. The molecule has 0 heterocycles. The lowest BCUT2D eigenvalue weighted by Gasteiger charge is -2.11. The van der Waals surface area contributed by atoms with Gasteiger partial charge in [-0.3, -0.25) is 0 Å². The van der Waals surface area contributed by atoms with Crippen LogP contribution in [0.1, 0.15) is 11.1 Å². The highest BCUT2D eigenvalue weighted by Gasteiger charge is 2.16. The number of sulfonamides is 1. The molecule has 0 atom stereocenters. The van der Waals surface area contributed by atoms with Gasteiger partial charge in [-0.2, -0.15) is 0 Å². The number of methoxy groups -OCH3 is 1. The summed E-state index contributed by atoms with van der Waals surface area (Å²) in [5.74, 6) is 0.697. The van der Waals surface area contributed by atoms with Crippen molar-refractivity contribution in [3.8, 4) is 5.75 Å². The van der Waals surface area contributed by atoms with E-state index < -0.39 is 10.0 Å². The maximum atomic E-state index is 11.6. The third-order valence-electron chi connectivity index (χ3n) is 2.25. The molecule has 0 fully saturated rings. The van der Waals surface area contributed by atoms with Gasteiger partial charge in [-0.1, -0.05) is 0 Å². The Balaban J connectivity index is 3.41. The molecule has 0 bridgehead atoms. The van der Waals surface area contributed by atoms with Gasteiger partial charge in [-0.05, 0) is 44.2 Å². The molecule has 1 rings (SSSR count). The van der Waals surface area contributed by atoms with E-state index in [9.17, 15) is 8.42 Å². The van der Waals surface area contributed by atoms with E-state index in [0.29, 0.717) is 16.2 Å². The summed E-state index contributed by atoms with van der Waals surface area (Å²) in [5, 5.41) is 0. The predicted molar refractivity (Wildman–Crippen MR) is 58.7 cm³/mol. The fraction of sp³-hybridized carbons (Fsp3) is 0.400. The summed E-state index contributed by atoms with van der Waals surface area (Å²) in [5.41, 5.74) is 1.48. The number of benzene rings is 1. The molecule has 5 heteroatoms. The van der Waals surface area contributed by atoms with Crippen LogP contribution in [0, 0.1) is 13.8 Å². The normalized spacial score (nSPS) is 11.5. The largest absolute Gasteiger partial charge is 0.496 e. The Labute approximate surface area is 90.3 Å². The highest BCUT2D eigenvalue weighted by atomic mass is 32.2. The van der Waals surface area contributed by atoms with Gasteiger partial charge >= 0.3 is 0 Å². The van der Waals surface area contributed by atoms with Crippen molar-refractivity contribution in [3.63, 3.8) is 0 Å². The van der Waals surface area contributed by atoms with Crippen LogP contribution in [0.2, 0.25) is 0 Å². The molecule has 0 spiro atoms. The fourth-order valence-corrected chi connectivity index (χ4v) is 2.42. The lowest BCUT2D eigenvalue weighted by Crippen LogP contribution is -2.19. The minimum atomic E-state index is -3.38. The minimum absolute atomic E-state index is 0.295. The van der Waals surface area contributed by atoms with Crippen molar-refractivity contribution in [2.24, 2.45) is 0 Å². The Morgan fingerprint density at radius 1 is 1.20 bits per heavy atom. The second-order valence-electron chi connectivity index (χ2n) is 3.29. The van der Waals surface area contributed by atoms with Gasteiger partial charge in [0, 0.05) is 0 Å². The molecule has 0 aliphatic heterocycles. The zero-order chi connectivity index (χ0) is 11.6. The molecule has 1 aromatic carbocycles. The first kappa shape index (κ1) is 12.0. The van der Waals surface area contributed by atoms with Gasteiger partial charge in [0.25, 0.3) is 0 Å². The van der Waals surface area contributed by atoms with E-state index in [4.69, 9.17) is 4.74 Å². The van der Waals surface area contributed by atoms with E-state index >= 15 is 0 Å². The average molecular weight is 229 g/mol. The van der Waals surface area contributed by atoms with Gasteiger partial charge < -0.3 is 4.74 Å². The number of aryl methyl sites for hydroxylation is 2. The van der Waals surface area contributed by atoms with Crippen LogP contribution in [0.25, 0.3) is 0 Å². The maximum absolute atomic E-state index is 11.6. The van der Waals surface area contributed by atoms with Crippen molar-refractivity contribution >= 4 is 10.0 Å². The van der Waals surface area contributed by atoms with Gasteiger partial charge in [0.2, 0.25) is 10.0 Å². The first-order valence-electron chi connectivity index (χ1n) is 4.51. The zero-order valence-corrected chi connectivity index (χ0v) is 10.1. The molecule has 4 nitrogen and oxygen atoms in total. The van der Waals surface area contributed by atoms with Crippen molar-refractivity contribution in [3.05, 3.63) is 23.3 Å². The molecule has 1 N–H and O–H groups in total. The standard InChI is InChI=1S/C10H15NO3S/c1-7-6-10(15(12,13)11-3)8(2)5-9(7)14-4/h5-6,11H,1-4H3. The second kappa shape index (κ2) is 4.20. The number of ether oxygens (including phenoxy) is 1. The molecule has 0 unspecified atom stereocenters. The van der Waals surface area contributed by atoms with E-state index in [0.717, 1.165) is 5.56 Å². The third-order valence-corrected chi connectivity index (χ3v) is 3.81. The molecule has 0 aliphatic carbocycles. The van der Waals surface area contributed by atoms with Crippen LogP contribution in [0.5, 0.6) is 5.75 Å². The summed E-state index contributed by atoms with van der Waals surface area (Å²) in [6.07, 6.45) is 0. The third kappa shape index (κ3) is 2.30. The smallest absolute Gasteiger partial charge is 0.240 e. The summed E-state index contributed by atoms with van der Waals surface area (Å²) >= 11 is 0. The first-order chi connectivity index (χ1) is 6.92. The Bertz CT molecular complexity index is 466. The van der Waals surface area contributed by atoms with Crippen LogP contribution in [-0.4, -0.2) is 22.6 Å². The van der Waals surface area contributed by atoms with E-state index in [1.807, 2.05) is 6.92 Å². The van der Waals surface area contributed by atoms with Crippen molar-refractivity contribution in [1.82, 2.24) is 4.72 Å². The van der Waals surface area contributed by atoms with Gasteiger partial charge in [0.15, 0.2) is 0 Å². The molecule has 0 aliphatic rings. The molecule has 84 valence electrons. The molecule has 15 heavy (non-hydrogen) atoms. The Morgan fingerprint density at radius 2 is 1.80 bits per heavy atom. The van der Waals surface area contributed by atoms with Crippen molar-refractivity contribution in [2.75, 3.05) is 14.2 Å². The van der Waals surface area contributed by atoms with Crippen LogP contribution < -0.4 is 9.46 Å². The van der Waals surface area contributed by atoms with Crippen molar-refractivity contribution in [1.29, 1.82) is 0 Å². The molecular formula is C10H15NO3S. The van der Waals surface area contributed by atoms with Crippen LogP contribution in [-0.2, 0) is 10.0 Å². The monoisotopic (exact) mass is 229 g/mol. The Morgan fingerprint density at radius 3 is 2.27 bits per heavy atom. The number of rotatable bonds is 3. The number of hydrogen-bond donors (Lipinski definition) is 1. The van der Waals surface area contributed by atoms with Gasteiger partial charge in [0.05, 0.1) is 12.0 Å². The highest BCUT2D eigenvalue weighted by Crippen LogP contribution is 2.25. The minimum Gasteiger partial charge on any atom is -0.496 e. The highest BCUT2D eigenvalue weighted by molar-refractivity contribution is 7.89. The van der Waals surface area contributed by atoms with E-state index in [2.05, 4.69) is 4.72 Å². The second-order valence-corrected chi connectivity index (χ2v) is 5.15. The molecule has 1 aromatic rings. The topological polar surface area (TPSA) is 55.4 Å². The molecule has 0 aromatic heterocycles. The van der Waals surface area contributed by atoms with E-state index in [1.165, 1.54) is 7.05 Å². The van der Waals surface area contributed by atoms with Crippen molar-refractivity contribution < 1.29 is 13.2 Å². The summed E-state index contributed by atoms with van der Waals surface area (Å²) in [7, 11) is -0.421. The van der Waals surface area contributed by atoms with Gasteiger partial charge in [0.1, 0.15) is 5.75 Å². The summed E-state index contributed by atoms with van der Waals surface area (Å²) in [4.78, 5) is 0.295. The molecule has 0 amide bonds.